The molecule has 6 heteroatoms. The highest BCUT2D eigenvalue weighted by atomic mass is 16.5. The zero-order valence-corrected chi connectivity index (χ0v) is 17.4. The number of aromatic nitrogens is 1. The largest absolute Gasteiger partial charge is 0.462 e. The number of nitrogens with one attached hydrogen (secondary N) is 1. The highest BCUT2D eigenvalue weighted by Crippen LogP contribution is 2.19. The Kier molecular flexibility index (Phi) is 6.99. The second-order valence-electron chi connectivity index (χ2n) is 7.68. The van der Waals surface area contributed by atoms with Gasteiger partial charge in [0.15, 0.2) is 0 Å². The molecule has 1 aliphatic rings. The van der Waals surface area contributed by atoms with E-state index in [1.54, 1.807) is 26.0 Å². The Balaban J connectivity index is 1.60. The molecule has 1 unspecified atom stereocenters. The Hall–Kier alpha value is -2.73. The molecule has 1 amide bonds. The third-order valence-corrected chi connectivity index (χ3v) is 5.17. The zero-order valence-electron chi connectivity index (χ0n) is 17.4. The zero-order chi connectivity index (χ0) is 20.8. The molecule has 1 atom stereocenters. The van der Waals surface area contributed by atoms with Crippen LogP contribution in [0.5, 0.6) is 0 Å². The summed E-state index contributed by atoms with van der Waals surface area (Å²) in [5.74, 6) is 0.0257. The molecule has 154 valence electrons. The lowest BCUT2D eigenvalue weighted by atomic mass is 10.00. The number of pyridine rings is 1. The minimum atomic E-state index is -0.428. The van der Waals surface area contributed by atoms with Crippen molar-refractivity contribution < 1.29 is 14.3 Å². The fourth-order valence-electron chi connectivity index (χ4n) is 3.69. The number of esters is 1. The highest BCUT2D eigenvalue weighted by molar-refractivity contribution is 6.03. The van der Waals surface area contributed by atoms with Crippen LogP contribution in [-0.4, -0.2) is 41.5 Å². The number of nitrogens with zero attached hydrogens (tertiary/aromatic N) is 2. The van der Waals surface area contributed by atoms with Gasteiger partial charge in [-0.25, -0.2) is 9.78 Å². The number of benzene rings is 1. The smallest absolute Gasteiger partial charge is 0.339 e. The van der Waals surface area contributed by atoms with Gasteiger partial charge >= 0.3 is 5.97 Å². The van der Waals surface area contributed by atoms with E-state index in [1.807, 2.05) is 12.1 Å². The number of hydrogen-bond donors (Lipinski definition) is 1. The average molecular weight is 396 g/mol. The van der Waals surface area contributed by atoms with Crippen LogP contribution in [0.1, 0.15) is 58.8 Å². The molecular formula is C23H29N3O3. The second kappa shape index (κ2) is 9.65. The van der Waals surface area contributed by atoms with E-state index < -0.39 is 5.97 Å². The Labute approximate surface area is 172 Å². The van der Waals surface area contributed by atoms with Gasteiger partial charge in [-0.3, -0.25) is 9.69 Å². The summed E-state index contributed by atoms with van der Waals surface area (Å²) in [5.41, 5.74) is 3.08. The summed E-state index contributed by atoms with van der Waals surface area (Å²) < 4.78 is 4.99. The van der Waals surface area contributed by atoms with Crippen LogP contribution in [0.15, 0.2) is 36.4 Å². The summed E-state index contributed by atoms with van der Waals surface area (Å²) >= 11 is 0. The molecule has 0 radical (unpaired) electrons. The lowest BCUT2D eigenvalue weighted by Gasteiger charge is -2.30. The third kappa shape index (κ3) is 5.64. The van der Waals surface area contributed by atoms with Crippen molar-refractivity contribution in [3.05, 3.63) is 58.9 Å². The van der Waals surface area contributed by atoms with Gasteiger partial charge in [-0.05, 0) is 69.0 Å². The van der Waals surface area contributed by atoms with E-state index in [-0.39, 0.29) is 11.6 Å². The number of aryl methyl sites for hydroxylation is 1. The second-order valence-corrected chi connectivity index (χ2v) is 7.68. The number of rotatable bonds is 6. The summed E-state index contributed by atoms with van der Waals surface area (Å²) in [5, 5.41) is 2.87. The molecular weight excluding hydrogens is 366 g/mol. The first-order chi connectivity index (χ1) is 14.0. The number of likely N-dealkylation sites (tertiary alicyclic amines) is 1. The Bertz CT molecular complexity index is 864. The molecule has 1 aliphatic heterocycles. The normalized spacial score (nSPS) is 17.0. The molecule has 1 aromatic heterocycles. The van der Waals surface area contributed by atoms with Gasteiger partial charge in [0, 0.05) is 18.8 Å². The lowest BCUT2D eigenvalue weighted by Crippen LogP contribution is -2.33. The summed E-state index contributed by atoms with van der Waals surface area (Å²) in [6.45, 7) is 9.28. The average Bonchev–Trinajstić information content (AvgIpc) is 2.69. The molecule has 3 rings (SSSR count). The van der Waals surface area contributed by atoms with Crippen molar-refractivity contribution in [3.8, 4) is 0 Å². The molecule has 6 nitrogen and oxygen atoms in total. The van der Waals surface area contributed by atoms with Crippen LogP contribution in [0, 0.1) is 12.8 Å². The summed E-state index contributed by atoms with van der Waals surface area (Å²) in [4.78, 5) is 31.1. The van der Waals surface area contributed by atoms with Gasteiger partial charge in [0.05, 0.1) is 17.9 Å². The van der Waals surface area contributed by atoms with Gasteiger partial charge in [-0.2, -0.15) is 0 Å². The minimum absolute atomic E-state index is 0.266. The van der Waals surface area contributed by atoms with Crippen LogP contribution in [0.2, 0.25) is 0 Å². The van der Waals surface area contributed by atoms with Crippen molar-refractivity contribution in [3.63, 3.8) is 0 Å². The first kappa shape index (κ1) is 21.0. The maximum atomic E-state index is 12.5. The number of amides is 1. The number of piperidine rings is 1. The summed E-state index contributed by atoms with van der Waals surface area (Å²) in [6.07, 6.45) is 2.58. The topological polar surface area (TPSA) is 71.5 Å². The molecule has 0 bridgehead atoms. The van der Waals surface area contributed by atoms with Crippen molar-refractivity contribution in [1.29, 1.82) is 0 Å². The predicted molar refractivity (Wildman–Crippen MR) is 113 cm³/mol. The SMILES string of the molecule is CCOC(=O)c1ccc(C(=O)Nc2ccc(CN3CCCC(C)C3)cc2)nc1C. The van der Waals surface area contributed by atoms with Gasteiger partial charge in [0.25, 0.3) is 5.91 Å². The Morgan fingerprint density at radius 1 is 1.21 bits per heavy atom. The maximum Gasteiger partial charge on any atom is 0.339 e. The number of carbonyl (C=O) groups excluding carboxylic acids is 2. The monoisotopic (exact) mass is 395 g/mol. The van der Waals surface area contributed by atoms with Gasteiger partial charge in [-0.1, -0.05) is 19.1 Å². The summed E-state index contributed by atoms with van der Waals surface area (Å²) in [6, 6.07) is 11.1. The van der Waals surface area contributed by atoms with E-state index in [9.17, 15) is 9.59 Å². The molecule has 2 aromatic rings. The van der Waals surface area contributed by atoms with Crippen LogP contribution in [0.25, 0.3) is 0 Å². The quantitative estimate of drug-likeness (QED) is 0.747. The Morgan fingerprint density at radius 3 is 2.62 bits per heavy atom. The van der Waals surface area contributed by atoms with E-state index >= 15 is 0 Å². The van der Waals surface area contributed by atoms with E-state index in [2.05, 4.69) is 34.3 Å². The van der Waals surface area contributed by atoms with Gasteiger partial charge in [-0.15, -0.1) is 0 Å². The molecule has 0 saturated carbocycles. The Morgan fingerprint density at radius 2 is 1.97 bits per heavy atom. The van der Waals surface area contributed by atoms with Crippen molar-refractivity contribution in [1.82, 2.24) is 9.88 Å². The number of hydrogen-bond acceptors (Lipinski definition) is 5. The maximum absolute atomic E-state index is 12.5. The van der Waals surface area contributed by atoms with Crippen LogP contribution in [0.3, 0.4) is 0 Å². The first-order valence-electron chi connectivity index (χ1n) is 10.2. The standard InChI is InChI=1S/C23H29N3O3/c1-4-29-23(28)20-11-12-21(24-17(20)3)22(27)25-19-9-7-18(8-10-19)15-26-13-5-6-16(2)14-26/h7-12,16H,4-6,13-15H2,1-3H3,(H,25,27). The number of ether oxygens (including phenoxy) is 1. The van der Waals surface area contributed by atoms with Crippen molar-refractivity contribution in [2.75, 3.05) is 25.0 Å². The molecule has 0 spiro atoms. The lowest BCUT2D eigenvalue weighted by molar-refractivity contribution is 0.0524. The van der Waals surface area contributed by atoms with Crippen molar-refractivity contribution in [2.24, 2.45) is 5.92 Å². The molecule has 0 aliphatic carbocycles. The molecule has 1 fully saturated rings. The third-order valence-electron chi connectivity index (χ3n) is 5.17. The molecule has 1 aromatic carbocycles. The number of anilines is 1. The summed E-state index contributed by atoms with van der Waals surface area (Å²) in [7, 11) is 0. The van der Waals surface area contributed by atoms with Gasteiger partial charge in [0.2, 0.25) is 0 Å². The predicted octanol–water partition coefficient (Wildman–Crippen LogP) is 4.05. The molecule has 2 heterocycles. The fourth-order valence-corrected chi connectivity index (χ4v) is 3.69. The fraction of sp³-hybridized carbons (Fsp3) is 0.435. The molecule has 1 N–H and O–H groups in total. The van der Waals surface area contributed by atoms with Gasteiger partial charge in [0.1, 0.15) is 5.69 Å². The van der Waals surface area contributed by atoms with Crippen LogP contribution < -0.4 is 5.32 Å². The highest BCUT2D eigenvalue weighted by Gasteiger charge is 2.17. The van der Waals surface area contributed by atoms with Crippen LogP contribution in [-0.2, 0) is 11.3 Å². The molecule has 1 saturated heterocycles. The first-order valence-corrected chi connectivity index (χ1v) is 10.2. The van der Waals surface area contributed by atoms with E-state index in [0.29, 0.717) is 17.9 Å². The minimum Gasteiger partial charge on any atom is -0.462 e. The van der Waals surface area contributed by atoms with E-state index in [1.165, 1.54) is 18.4 Å². The molecule has 29 heavy (non-hydrogen) atoms. The van der Waals surface area contributed by atoms with Crippen LogP contribution >= 0.6 is 0 Å². The van der Waals surface area contributed by atoms with E-state index in [4.69, 9.17) is 4.74 Å². The van der Waals surface area contributed by atoms with Crippen LogP contribution in [0.4, 0.5) is 5.69 Å². The van der Waals surface area contributed by atoms with Crippen molar-refractivity contribution in [2.45, 2.75) is 40.2 Å². The van der Waals surface area contributed by atoms with E-state index in [0.717, 1.165) is 31.2 Å². The number of carbonyl (C=O) groups is 2. The van der Waals surface area contributed by atoms with Gasteiger partial charge < -0.3 is 10.1 Å². The van der Waals surface area contributed by atoms with Crippen molar-refractivity contribution >= 4 is 17.6 Å².